The van der Waals surface area contributed by atoms with Crippen LogP contribution in [0.4, 0.5) is 0 Å². The molecule has 0 aromatic rings. The Morgan fingerprint density at radius 3 is 1.39 bits per heavy atom. The van der Waals surface area contributed by atoms with E-state index < -0.39 is 11.9 Å². The molecule has 162 valence electrons. The van der Waals surface area contributed by atoms with Gasteiger partial charge in [0, 0.05) is 0 Å². The van der Waals surface area contributed by atoms with Crippen molar-refractivity contribution in [3.63, 3.8) is 0 Å². The summed E-state index contributed by atoms with van der Waals surface area (Å²) in [5, 5.41) is 0. The topological polar surface area (TPSA) is 52.6 Å². The van der Waals surface area contributed by atoms with E-state index in [-0.39, 0.29) is 0 Å². The van der Waals surface area contributed by atoms with Crippen molar-refractivity contribution < 1.29 is 19.1 Å². The molecule has 2 aliphatic rings. The van der Waals surface area contributed by atoms with Crippen LogP contribution in [0, 0.1) is 47.3 Å². The molecule has 28 heavy (non-hydrogen) atoms. The lowest BCUT2D eigenvalue weighted by molar-refractivity contribution is -0.170. The second-order valence-corrected chi connectivity index (χ2v) is 10.4. The van der Waals surface area contributed by atoms with Gasteiger partial charge in [-0.15, -0.1) is 0 Å². The molecule has 2 saturated carbocycles. The number of carbonyl (C=O) groups excluding carboxylic acids is 2. The van der Waals surface area contributed by atoms with Crippen molar-refractivity contribution in [2.75, 3.05) is 13.2 Å². The molecule has 6 atom stereocenters. The lowest BCUT2D eigenvalue weighted by Crippen LogP contribution is -2.34. The molecule has 4 nitrogen and oxygen atoms in total. The Bertz CT molecular complexity index is 467. The first-order chi connectivity index (χ1) is 13.2. The zero-order valence-corrected chi connectivity index (χ0v) is 18.9. The van der Waals surface area contributed by atoms with Crippen LogP contribution in [0.15, 0.2) is 0 Å². The highest BCUT2D eigenvalue weighted by atomic mass is 16.6. The molecule has 0 spiro atoms. The van der Waals surface area contributed by atoms with Crippen molar-refractivity contribution in [3.05, 3.63) is 0 Å². The van der Waals surface area contributed by atoms with Gasteiger partial charge in [-0.25, -0.2) is 9.59 Å². The number of carbonyl (C=O) groups is 2. The van der Waals surface area contributed by atoms with E-state index in [2.05, 4.69) is 41.5 Å². The third kappa shape index (κ3) is 6.49. The van der Waals surface area contributed by atoms with E-state index in [1.165, 1.54) is 25.7 Å². The van der Waals surface area contributed by atoms with E-state index in [1.807, 2.05) is 0 Å². The highest BCUT2D eigenvalue weighted by molar-refractivity contribution is 6.29. The predicted octanol–water partition coefficient (Wildman–Crippen LogP) is 5.49. The van der Waals surface area contributed by atoms with Gasteiger partial charge in [0.05, 0.1) is 13.2 Å². The maximum absolute atomic E-state index is 12.2. The number of hydrogen-bond donors (Lipinski definition) is 0. The second-order valence-electron chi connectivity index (χ2n) is 10.4. The summed E-state index contributed by atoms with van der Waals surface area (Å²) >= 11 is 0. The molecule has 0 radical (unpaired) electrons. The van der Waals surface area contributed by atoms with Gasteiger partial charge in [0.2, 0.25) is 0 Å². The van der Waals surface area contributed by atoms with Crippen molar-refractivity contribution in [1.29, 1.82) is 0 Å². The van der Waals surface area contributed by atoms with Gasteiger partial charge in [0.15, 0.2) is 0 Å². The normalized spacial score (nSPS) is 33.7. The fourth-order valence-corrected chi connectivity index (χ4v) is 5.67. The number of hydrogen-bond acceptors (Lipinski definition) is 4. The summed E-state index contributed by atoms with van der Waals surface area (Å²) in [7, 11) is 0. The van der Waals surface area contributed by atoms with Crippen LogP contribution in [0.1, 0.15) is 80.1 Å². The monoisotopic (exact) mass is 394 g/mol. The largest absolute Gasteiger partial charge is 0.457 e. The fourth-order valence-electron chi connectivity index (χ4n) is 5.67. The van der Waals surface area contributed by atoms with Crippen LogP contribution in [0.5, 0.6) is 0 Å². The van der Waals surface area contributed by atoms with Crippen LogP contribution in [0.25, 0.3) is 0 Å². The van der Waals surface area contributed by atoms with Crippen LogP contribution in [-0.4, -0.2) is 25.2 Å². The van der Waals surface area contributed by atoms with Gasteiger partial charge in [0.25, 0.3) is 0 Å². The molecule has 0 aliphatic heterocycles. The third-order valence-electron chi connectivity index (χ3n) is 7.34. The van der Waals surface area contributed by atoms with Crippen LogP contribution in [-0.2, 0) is 19.1 Å². The van der Waals surface area contributed by atoms with Gasteiger partial charge in [-0.1, -0.05) is 54.4 Å². The molecule has 0 bridgehead atoms. The van der Waals surface area contributed by atoms with E-state index in [0.29, 0.717) is 60.6 Å². The molecular formula is C24H42O4. The van der Waals surface area contributed by atoms with Gasteiger partial charge >= 0.3 is 11.9 Å². The minimum absolute atomic E-state index is 0.343. The third-order valence-corrected chi connectivity index (χ3v) is 7.34. The lowest BCUT2D eigenvalue weighted by Gasteiger charge is -2.37. The van der Waals surface area contributed by atoms with Crippen LogP contribution < -0.4 is 0 Å². The summed E-state index contributed by atoms with van der Waals surface area (Å²) in [6.45, 7) is 14.2. The molecule has 2 rings (SSSR count). The molecular weight excluding hydrogens is 352 g/mol. The summed E-state index contributed by atoms with van der Waals surface area (Å²) < 4.78 is 10.8. The van der Waals surface area contributed by atoms with Gasteiger partial charge in [-0.2, -0.15) is 0 Å². The molecule has 0 N–H and O–H groups in total. The number of ether oxygens (including phenoxy) is 2. The fraction of sp³-hybridized carbons (Fsp3) is 0.917. The minimum Gasteiger partial charge on any atom is -0.457 e. The zero-order valence-electron chi connectivity index (χ0n) is 18.9. The minimum atomic E-state index is -0.814. The SMILES string of the molecule is CC1CCC(C(C)C)C(COC(=O)C(=O)OCC2CC(C)CCC2C(C)C)C1. The summed E-state index contributed by atoms with van der Waals surface area (Å²) in [6, 6.07) is 0. The van der Waals surface area contributed by atoms with Gasteiger partial charge < -0.3 is 9.47 Å². The van der Waals surface area contributed by atoms with Crippen LogP contribution in [0.3, 0.4) is 0 Å². The molecule has 0 amide bonds. The Kier molecular flexibility index (Phi) is 8.82. The van der Waals surface area contributed by atoms with E-state index in [9.17, 15) is 9.59 Å². The first-order valence-corrected chi connectivity index (χ1v) is 11.5. The van der Waals surface area contributed by atoms with Crippen molar-refractivity contribution in [2.24, 2.45) is 47.3 Å². The van der Waals surface area contributed by atoms with Crippen molar-refractivity contribution in [1.82, 2.24) is 0 Å². The maximum Gasteiger partial charge on any atom is 0.417 e. The van der Waals surface area contributed by atoms with Crippen LogP contribution in [0.2, 0.25) is 0 Å². The van der Waals surface area contributed by atoms with Gasteiger partial charge in [-0.3, -0.25) is 0 Å². The Labute approximate surface area is 172 Å². The summed E-state index contributed by atoms with van der Waals surface area (Å²) in [4.78, 5) is 24.4. The smallest absolute Gasteiger partial charge is 0.417 e. The van der Waals surface area contributed by atoms with Crippen LogP contribution >= 0.6 is 0 Å². The second kappa shape index (κ2) is 10.6. The molecule has 0 aromatic carbocycles. The zero-order chi connectivity index (χ0) is 20.8. The molecule has 2 fully saturated rings. The average Bonchev–Trinajstić information content (AvgIpc) is 2.63. The predicted molar refractivity (Wildman–Crippen MR) is 112 cm³/mol. The molecule has 6 unspecified atom stereocenters. The summed E-state index contributed by atoms with van der Waals surface area (Å²) in [5.41, 5.74) is 0. The molecule has 0 saturated heterocycles. The van der Waals surface area contributed by atoms with Gasteiger partial charge in [-0.05, 0) is 73.0 Å². The Balaban J connectivity index is 1.81. The first-order valence-electron chi connectivity index (χ1n) is 11.5. The first kappa shape index (κ1) is 23.2. The number of esters is 2. The molecule has 0 aromatic heterocycles. The van der Waals surface area contributed by atoms with Gasteiger partial charge in [0.1, 0.15) is 0 Å². The number of rotatable bonds is 6. The van der Waals surface area contributed by atoms with E-state index in [4.69, 9.17) is 9.47 Å². The van der Waals surface area contributed by atoms with Crippen molar-refractivity contribution in [3.8, 4) is 0 Å². The Morgan fingerprint density at radius 1 is 0.714 bits per heavy atom. The Hall–Kier alpha value is -1.06. The maximum atomic E-state index is 12.2. The van der Waals surface area contributed by atoms with Crippen molar-refractivity contribution in [2.45, 2.75) is 80.1 Å². The quantitative estimate of drug-likeness (QED) is 0.441. The standard InChI is InChI=1S/C24H42O4/c1-15(2)21-9-7-17(5)11-19(21)13-27-23(25)24(26)28-14-20-12-18(6)8-10-22(20)16(3)4/h15-22H,7-14H2,1-6H3. The van der Waals surface area contributed by atoms with E-state index in [0.717, 1.165) is 12.8 Å². The highest BCUT2D eigenvalue weighted by Crippen LogP contribution is 2.39. The Morgan fingerprint density at radius 2 is 1.07 bits per heavy atom. The molecule has 4 heteroatoms. The van der Waals surface area contributed by atoms with E-state index >= 15 is 0 Å². The van der Waals surface area contributed by atoms with E-state index in [1.54, 1.807) is 0 Å². The lowest BCUT2D eigenvalue weighted by atomic mass is 9.70. The summed E-state index contributed by atoms with van der Waals surface area (Å²) in [5.74, 6) is 2.67. The average molecular weight is 395 g/mol. The molecule has 2 aliphatic carbocycles. The summed E-state index contributed by atoms with van der Waals surface area (Å²) in [6.07, 6.45) is 6.99. The molecule has 0 heterocycles. The van der Waals surface area contributed by atoms with Crippen molar-refractivity contribution >= 4 is 11.9 Å². The highest BCUT2D eigenvalue weighted by Gasteiger charge is 2.34.